The van der Waals surface area contributed by atoms with Crippen LogP contribution in [-0.2, 0) is 11.2 Å². The van der Waals surface area contributed by atoms with Crippen LogP contribution in [0.15, 0.2) is 16.9 Å². The van der Waals surface area contributed by atoms with Gasteiger partial charge in [-0.2, -0.15) is 0 Å². The Bertz CT molecular complexity index is 236. The average molecular weight is 168 g/mol. The van der Waals surface area contributed by atoms with Gasteiger partial charge in [0.15, 0.2) is 0 Å². The Morgan fingerprint density at radius 1 is 1.75 bits per heavy atom. The number of aromatic nitrogens is 1. The molecule has 12 heavy (non-hydrogen) atoms. The predicted octanol–water partition coefficient (Wildman–Crippen LogP) is 0.206. The molecule has 1 aliphatic rings. The van der Waals surface area contributed by atoms with Crippen LogP contribution in [0.3, 0.4) is 0 Å². The van der Waals surface area contributed by atoms with Crippen LogP contribution in [0.1, 0.15) is 5.69 Å². The molecule has 2 heterocycles. The van der Waals surface area contributed by atoms with Gasteiger partial charge in [0, 0.05) is 32.7 Å². The molecule has 4 nitrogen and oxygen atoms in total. The zero-order chi connectivity index (χ0) is 8.44. The number of nitrogens with zero attached hydrogens (tertiary/aromatic N) is 1. The highest BCUT2D eigenvalue weighted by Gasteiger charge is 2.37. The zero-order valence-electron chi connectivity index (χ0n) is 7.04. The van der Waals surface area contributed by atoms with Gasteiger partial charge in [0.25, 0.3) is 0 Å². The van der Waals surface area contributed by atoms with E-state index in [9.17, 15) is 0 Å². The normalized spacial score (nSPS) is 20.4. The quantitative estimate of drug-likeness (QED) is 0.700. The first-order chi connectivity index (χ1) is 5.85. The molecule has 2 rings (SSSR count). The molecule has 0 saturated carbocycles. The summed E-state index contributed by atoms with van der Waals surface area (Å²) in [5.41, 5.74) is 0.912. The minimum atomic E-state index is -0.0448. The lowest BCUT2D eigenvalue weighted by Crippen LogP contribution is -2.61. The van der Waals surface area contributed by atoms with E-state index >= 15 is 0 Å². The van der Waals surface area contributed by atoms with Gasteiger partial charge in [-0.25, -0.2) is 0 Å². The zero-order valence-corrected chi connectivity index (χ0v) is 7.04. The van der Waals surface area contributed by atoms with E-state index in [2.05, 4.69) is 10.5 Å². The van der Waals surface area contributed by atoms with Crippen LogP contribution in [0.4, 0.5) is 0 Å². The Labute approximate surface area is 70.9 Å². The SMILES string of the molecule is COC1(Cc2ccon2)CNC1. The van der Waals surface area contributed by atoms with Gasteiger partial charge in [-0.15, -0.1) is 0 Å². The maximum absolute atomic E-state index is 5.40. The summed E-state index contributed by atoms with van der Waals surface area (Å²) >= 11 is 0. The third kappa shape index (κ3) is 1.23. The summed E-state index contributed by atoms with van der Waals surface area (Å²) in [5.74, 6) is 0. The van der Waals surface area contributed by atoms with E-state index in [1.54, 1.807) is 13.4 Å². The molecule has 1 aromatic rings. The van der Waals surface area contributed by atoms with Crippen molar-refractivity contribution < 1.29 is 9.26 Å². The smallest absolute Gasteiger partial charge is 0.124 e. The second kappa shape index (κ2) is 2.88. The minimum absolute atomic E-state index is 0.0448. The molecule has 0 bridgehead atoms. The summed E-state index contributed by atoms with van der Waals surface area (Å²) in [7, 11) is 1.74. The van der Waals surface area contributed by atoms with Gasteiger partial charge in [0.05, 0.1) is 11.3 Å². The van der Waals surface area contributed by atoms with E-state index in [0.717, 1.165) is 25.2 Å². The molecule has 1 fully saturated rings. The highest BCUT2D eigenvalue weighted by Crippen LogP contribution is 2.20. The summed E-state index contributed by atoms with van der Waals surface area (Å²) in [6.45, 7) is 1.80. The fraction of sp³-hybridized carbons (Fsp3) is 0.625. The van der Waals surface area contributed by atoms with Gasteiger partial charge in [-0.05, 0) is 0 Å². The first-order valence-corrected chi connectivity index (χ1v) is 4.00. The highest BCUT2D eigenvalue weighted by molar-refractivity contribution is 5.07. The van der Waals surface area contributed by atoms with Crippen molar-refractivity contribution >= 4 is 0 Å². The summed E-state index contributed by atoms with van der Waals surface area (Å²) in [4.78, 5) is 0. The Hall–Kier alpha value is -0.870. The number of hydrogen-bond donors (Lipinski definition) is 1. The monoisotopic (exact) mass is 168 g/mol. The molecule has 0 aliphatic carbocycles. The Kier molecular flexibility index (Phi) is 1.86. The molecule has 0 amide bonds. The Morgan fingerprint density at radius 2 is 2.58 bits per heavy atom. The molecular formula is C8H12N2O2. The number of methoxy groups -OCH3 is 1. The topological polar surface area (TPSA) is 47.3 Å². The van der Waals surface area contributed by atoms with Gasteiger partial charge in [-0.1, -0.05) is 5.16 Å². The maximum Gasteiger partial charge on any atom is 0.124 e. The van der Waals surface area contributed by atoms with E-state index in [0.29, 0.717) is 0 Å². The first kappa shape index (κ1) is 7.76. The summed E-state index contributed by atoms with van der Waals surface area (Å²) in [6.07, 6.45) is 2.41. The van der Waals surface area contributed by atoms with E-state index in [1.165, 1.54) is 0 Å². The molecule has 0 unspecified atom stereocenters. The number of rotatable bonds is 3. The first-order valence-electron chi connectivity index (χ1n) is 4.00. The molecular weight excluding hydrogens is 156 g/mol. The van der Waals surface area contributed by atoms with Gasteiger partial charge in [-0.3, -0.25) is 0 Å². The number of ether oxygens (including phenoxy) is 1. The maximum atomic E-state index is 5.40. The van der Waals surface area contributed by atoms with Crippen LogP contribution in [0, 0.1) is 0 Å². The van der Waals surface area contributed by atoms with Gasteiger partial charge >= 0.3 is 0 Å². The molecule has 0 atom stereocenters. The van der Waals surface area contributed by atoms with Gasteiger partial charge in [0.1, 0.15) is 6.26 Å². The van der Waals surface area contributed by atoms with Crippen molar-refractivity contribution in [3.05, 3.63) is 18.0 Å². The van der Waals surface area contributed by atoms with Crippen LogP contribution in [0.2, 0.25) is 0 Å². The second-order valence-corrected chi connectivity index (χ2v) is 3.16. The van der Waals surface area contributed by atoms with E-state index in [1.807, 2.05) is 6.07 Å². The van der Waals surface area contributed by atoms with Gasteiger partial charge in [0.2, 0.25) is 0 Å². The molecule has 0 aromatic carbocycles. The largest absolute Gasteiger partial charge is 0.375 e. The van der Waals surface area contributed by atoms with Gasteiger partial charge < -0.3 is 14.6 Å². The Balaban J connectivity index is 2.01. The molecule has 1 aliphatic heterocycles. The van der Waals surface area contributed by atoms with Crippen molar-refractivity contribution in [2.24, 2.45) is 0 Å². The van der Waals surface area contributed by atoms with Crippen LogP contribution >= 0.6 is 0 Å². The average Bonchev–Trinajstić information content (AvgIpc) is 2.49. The molecule has 1 N–H and O–H groups in total. The number of nitrogens with one attached hydrogen (secondary N) is 1. The van der Waals surface area contributed by atoms with Crippen molar-refractivity contribution in [1.29, 1.82) is 0 Å². The molecule has 4 heteroatoms. The lowest BCUT2D eigenvalue weighted by molar-refractivity contribution is -0.0512. The lowest BCUT2D eigenvalue weighted by atomic mass is 9.91. The van der Waals surface area contributed by atoms with Crippen molar-refractivity contribution in [3.8, 4) is 0 Å². The third-order valence-electron chi connectivity index (χ3n) is 2.32. The fourth-order valence-corrected chi connectivity index (χ4v) is 1.40. The third-order valence-corrected chi connectivity index (χ3v) is 2.32. The molecule has 0 radical (unpaired) electrons. The van der Waals surface area contributed by atoms with E-state index in [-0.39, 0.29) is 5.60 Å². The van der Waals surface area contributed by atoms with Crippen molar-refractivity contribution in [2.45, 2.75) is 12.0 Å². The van der Waals surface area contributed by atoms with E-state index in [4.69, 9.17) is 9.26 Å². The second-order valence-electron chi connectivity index (χ2n) is 3.16. The van der Waals surface area contributed by atoms with Crippen molar-refractivity contribution in [1.82, 2.24) is 10.5 Å². The lowest BCUT2D eigenvalue weighted by Gasteiger charge is -2.40. The summed E-state index contributed by atoms with van der Waals surface area (Å²) in [5, 5.41) is 7.03. The minimum Gasteiger partial charge on any atom is -0.375 e. The molecule has 1 saturated heterocycles. The molecule has 1 aromatic heterocycles. The highest BCUT2D eigenvalue weighted by atomic mass is 16.5. The summed E-state index contributed by atoms with van der Waals surface area (Å²) in [6, 6.07) is 1.87. The Morgan fingerprint density at radius 3 is 3.00 bits per heavy atom. The van der Waals surface area contributed by atoms with Crippen LogP contribution in [0.5, 0.6) is 0 Å². The predicted molar refractivity (Wildman–Crippen MR) is 42.8 cm³/mol. The van der Waals surface area contributed by atoms with Crippen LogP contribution in [0.25, 0.3) is 0 Å². The van der Waals surface area contributed by atoms with E-state index < -0.39 is 0 Å². The van der Waals surface area contributed by atoms with Crippen molar-refractivity contribution in [3.63, 3.8) is 0 Å². The fourth-order valence-electron chi connectivity index (χ4n) is 1.40. The van der Waals surface area contributed by atoms with Crippen molar-refractivity contribution in [2.75, 3.05) is 20.2 Å². The van der Waals surface area contributed by atoms with Crippen LogP contribution < -0.4 is 5.32 Å². The van der Waals surface area contributed by atoms with Crippen LogP contribution in [-0.4, -0.2) is 31.0 Å². The standard InChI is InChI=1S/C8H12N2O2/c1-11-8(5-9-6-8)4-7-2-3-12-10-7/h2-3,9H,4-6H2,1H3. The molecule has 66 valence electrons. The number of hydrogen-bond acceptors (Lipinski definition) is 4. The summed E-state index contributed by atoms with van der Waals surface area (Å²) < 4.78 is 10.2. The molecule has 0 spiro atoms.